The van der Waals surface area contributed by atoms with Crippen molar-refractivity contribution in [1.82, 2.24) is 4.98 Å². The Bertz CT molecular complexity index is 680. The van der Waals surface area contributed by atoms with E-state index in [0.717, 1.165) is 0 Å². The number of aromatic nitrogens is 1. The number of nitrogens with one attached hydrogen (secondary N) is 1. The average Bonchev–Trinajstić information content (AvgIpc) is 2.45. The van der Waals surface area contributed by atoms with E-state index in [9.17, 15) is 22.4 Å². The molecule has 2 aromatic rings. The monoisotopic (exact) mass is 299 g/mol. The van der Waals surface area contributed by atoms with Crippen molar-refractivity contribution in [3.05, 3.63) is 58.9 Å². The predicted molar refractivity (Wildman–Crippen MR) is 66.4 cm³/mol. The maximum absolute atomic E-state index is 13.4. The molecule has 0 fully saturated rings. The standard InChI is InChI=1S/C13H9F4N3O/c14-8-10(9(15)12(17)20-11(8)16)19-5-6-2-1-3-7(4-6)13(18)21/h1-4H,5H2,(H2,18,21)(H,19,20). The van der Waals surface area contributed by atoms with E-state index in [1.54, 1.807) is 6.07 Å². The number of benzene rings is 1. The van der Waals surface area contributed by atoms with Crippen LogP contribution >= 0.6 is 0 Å². The number of primary amides is 1. The Hall–Kier alpha value is -2.64. The number of nitrogens with two attached hydrogens (primary N) is 1. The second kappa shape index (κ2) is 5.78. The second-order valence-electron chi connectivity index (χ2n) is 4.11. The molecule has 1 aromatic carbocycles. The number of hydrogen-bond donors (Lipinski definition) is 2. The average molecular weight is 299 g/mol. The summed E-state index contributed by atoms with van der Waals surface area (Å²) in [5, 5.41) is 2.22. The number of amides is 1. The highest BCUT2D eigenvalue weighted by Crippen LogP contribution is 2.22. The summed E-state index contributed by atoms with van der Waals surface area (Å²) in [7, 11) is 0. The highest BCUT2D eigenvalue weighted by Gasteiger charge is 2.20. The fraction of sp³-hybridized carbons (Fsp3) is 0.0769. The number of nitrogens with zero attached hydrogens (tertiary/aromatic N) is 1. The third kappa shape index (κ3) is 3.10. The van der Waals surface area contributed by atoms with E-state index < -0.39 is 35.1 Å². The molecule has 0 radical (unpaired) electrons. The lowest BCUT2D eigenvalue weighted by Gasteiger charge is -2.10. The molecule has 110 valence electrons. The summed E-state index contributed by atoms with van der Waals surface area (Å²) in [6.07, 6.45) is 0. The van der Waals surface area contributed by atoms with Crippen molar-refractivity contribution in [2.24, 2.45) is 5.73 Å². The second-order valence-corrected chi connectivity index (χ2v) is 4.11. The van der Waals surface area contributed by atoms with Gasteiger partial charge in [-0.3, -0.25) is 4.79 Å². The fourth-order valence-corrected chi connectivity index (χ4v) is 1.67. The number of hydrogen-bond acceptors (Lipinski definition) is 3. The van der Waals surface area contributed by atoms with E-state index in [-0.39, 0.29) is 12.1 Å². The van der Waals surface area contributed by atoms with Crippen LogP contribution in [0, 0.1) is 23.5 Å². The van der Waals surface area contributed by atoms with E-state index in [1.807, 2.05) is 0 Å². The molecular weight excluding hydrogens is 290 g/mol. The van der Waals surface area contributed by atoms with Gasteiger partial charge < -0.3 is 11.1 Å². The van der Waals surface area contributed by atoms with E-state index in [4.69, 9.17) is 5.73 Å². The van der Waals surface area contributed by atoms with Crippen molar-refractivity contribution in [2.45, 2.75) is 6.54 Å². The maximum Gasteiger partial charge on any atom is 0.253 e. The highest BCUT2D eigenvalue weighted by molar-refractivity contribution is 5.92. The predicted octanol–water partition coefficient (Wildman–Crippen LogP) is 2.35. The van der Waals surface area contributed by atoms with Crippen molar-refractivity contribution in [1.29, 1.82) is 0 Å². The Balaban J connectivity index is 2.25. The molecule has 0 aliphatic rings. The van der Waals surface area contributed by atoms with E-state index in [1.165, 1.54) is 18.2 Å². The lowest BCUT2D eigenvalue weighted by molar-refractivity contribution is 0.1000. The zero-order valence-corrected chi connectivity index (χ0v) is 10.5. The van der Waals surface area contributed by atoms with E-state index >= 15 is 0 Å². The summed E-state index contributed by atoms with van der Waals surface area (Å²) >= 11 is 0. The van der Waals surface area contributed by atoms with Crippen LogP contribution in [0.1, 0.15) is 15.9 Å². The molecular formula is C13H9F4N3O. The molecule has 0 saturated heterocycles. The van der Waals surface area contributed by atoms with Crippen LogP contribution in [0.2, 0.25) is 0 Å². The molecule has 3 N–H and O–H groups in total. The van der Waals surface area contributed by atoms with Gasteiger partial charge in [0.1, 0.15) is 5.69 Å². The van der Waals surface area contributed by atoms with Crippen molar-refractivity contribution in [2.75, 3.05) is 5.32 Å². The minimum absolute atomic E-state index is 0.169. The van der Waals surface area contributed by atoms with Gasteiger partial charge in [0, 0.05) is 12.1 Å². The maximum atomic E-state index is 13.4. The third-order valence-electron chi connectivity index (χ3n) is 2.68. The smallest absolute Gasteiger partial charge is 0.253 e. The zero-order chi connectivity index (χ0) is 15.6. The van der Waals surface area contributed by atoms with Gasteiger partial charge in [-0.1, -0.05) is 12.1 Å². The number of halogens is 4. The zero-order valence-electron chi connectivity index (χ0n) is 10.5. The Morgan fingerprint density at radius 2 is 1.76 bits per heavy atom. The van der Waals surface area contributed by atoms with E-state index in [0.29, 0.717) is 5.56 Å². The first-order chi connectivity index (χ1) is 9.90. The number of carbonyl (C=O) groups excluding carboxylic acids is 1. The molecule has 0 atom stereocenters. The van der Waals surface area contributed by atoms with Crippen molar-refractivity contribution < 1.29 is 22.4 Å². The SMILES string of the molecule is NC(=O)c1cccc(CNc2c(F)c(F)nc(F)c2F)c1. The van der Waals surface area contributed by atoms with Crippen LogP contribution in [0.5, 0.6) is 0 Å². The first-order valence-corrected chi connectivity index (χ1v) is 5.72. The molecule has 8 heteroatoms. The Morgan fingerprint density at radius 1 is 1.14 bits per heavy atom. The molecule has 0 aliphatic heterocycles. The van der Waals surface area contributed by atoms with Gasteiger partial charge >= 0.3 is 0 Å². The summed E-state index contributed by atoms with van der Waals surface area (Å²) in [4.78, 5) is 13.4. The van der Waals surface area contributed by atoms with E-state index in [2.05, 4.69) is 10.3 Å². The van der Waals surface area contributed by atoms with Gasteiger partial charge in [-0.2, -0.15) is 22.5 Å². The molecule has 0 saturated carbocycles. The van der Waals surface area contributed by atoms with Gasteiger partial charge in [-0.05, 0) is 17.7 Å². The topological polar surface area (TPSA) is 68.0 Å². The summed E-state index contributed by atoms with van der Waals surface area (Å²) in [6, 6.07) is 5.90. The van der Waals surface area contributed by atoms with Gasteiger partial charge in [-0.25, -0.2) is 0 Å². The lowest BCUT2D eigenvalue weighted by atomic mass is 10.1. The van der Waals surface area contributed by atoms with Gasteiger partial charge in [-0.15, -0.1) is 0 Å². The van der Waals surface area contributed by atoms with Crippen LogP contribution in [-0.4, -0.2) is 10.9 Å². The van der Waals surface area contributed by atoms with Crippen LogP contribution < -0.4 is 11.1 Å². The number of rotatable bonds is 4. The lowest BCUT2D eigenvalue weighted by Crippen LogP contribution is -2.12. The number of anilines is 1. The third-order valence-corrected chi connectivity index (χ3v) is 2.68. The van der Waals surface area contributed by atoms with Gasteiger partial charge in [0.25, 0.3) is 11.9 Å². The van der Waals surface area contributed by atoms with Crippen LogP contribution in [-0.2, 0) is 6.54 Å². The summed E-state index contributed by atoms with van der Waals surface area (Å²) in [5.41, 5.74) is 4.77. The van der Waals surface area contributed by atoms with Crippen LogP contribution in [0.15, 0.2) is 24.3 Å². The highest BCUT2D eigenvalue weighted by atomic mass is 19.2. The van der Waals surface area contributed by atoms with Crippen molar-refractivity contribution >= 4 is 11.6 Å². The van der Waals surface area contributed by atoms with Gasteiger partial charge in [0.2, 0.25) is 17.5 Å². The number of carbonyl (C=O) groups is 1. The molecule has 0 unspecified atom stereocenters. The molecule has 1 aromatic heterocycles. The molecule has 1 amide bonds. The molecule has 0 bridgehead atoms. The summed E-state index contributed by atoms with van der Waals surface area (Å²) in [5.74, 6) is -7.42. The molecule has 0 spiro atoms. The molecule has 2 rings (SSSR count). The largest absolute Gasteiger partial charge is 0.376 e. The van der Waals surface area contributed by atoms with Crippen molar-refractivity contribution in [3.8, 4) is 0 Å². The molecule has 21 heavy (non-hydrogen) atoms. The van der Waals surface area contributed by atoms with Crippen LogP contribution in [0.25, 0.3) is 0 Å². The normalized spacial score (nSPS) is 10.5. The van der Waals surface area contributed by atoms with Crippen molar-refractivity contribution in [3.63, 3.8) is 0 Å². The summed E-state index contributed by atoms with van der Waals surface area (Å²) < 4.78 is 52.6. The Kier molecular flexibility index (Phi) is 4.06. The minimum atomic E-state index is -1.75. The molecule has 1 heterocycles. The number of pyridine rings is 1. The fourth-order valence-electron chi connectivity index (χ4n) is 1.67. The first kappa shape index (κ1) is 14.8. The molecule has 0 aliphatic carbocycles. The molecule has 4 nitrogen and oxygen atoms in total. The van der Waals surface area contributed by atoms with Crippen LogP contribution in [0.4, 0.5) is 23.2 Å². The Morgan fingerprint density at radius 3 is 2.33 bits per heavy atom. The first-order valence-electron chi connectivity index (χ1n) is 5.72. The van der Waals surface area contributed by atoms with Gasteiger partial charge in [0.05, 0.1) is 0 Å². The minimum Gasteiger partial charge on any atom is -0.376 e. The van der Waals surface area contributed by atoms with Crippen LogP contribution in [0.3, 0.4) is 0 Å². The van der Waals surface area contributed by atoms with Gasteiger partial charge in [0.15, 0.2) is 0 Å². The quantitative estimate of drug-likeness (QED) is 0.672. The summed E-state index contributed by atoms with van der Waals surface area (Å²) in [6.45, 7) is -0.169. The Labute approximate surface area is 116 Å².